The van der Waals surface area contributed by atoms with Gasteiger partial charge in [0.15, 0.2) is 6.10 Å². The third-order valence-corrected chi connectivity index (χ3v) is 2.85. The van der Waals surface area contributed by atoms with E-state index in [9.17, 15) is 4.79 Å². The van der Waals surface area contributed by atoms with Crippen LogP contribution in [0.5, 0.6) is 5.75 Å². The van der Waals surface area contributed by atoms with Gasteiger partial charge in [0.25, 0.3) is 5.91 Å². The predicted molar refractivity (Wildman–Crippen MR) is 81.0 cm³/mol. The maximum Gasteiger partial charge on any atom is 0.258 e. The van der Waals surface area contributed by atoms with Gasteiger partial charge in [-0.25, -0.2) is 0 Å². The van der Waals surface area contributed by atoms with Crippen molar-refractivity contribution in [2.45, 2.75) is 19.4 Å². The van der Waals surface area contributed by atoms with Gasteiger partial charge in [0.1, 0.15) is 11.4 Å². The monoisotopic (exact) mass is 283 g/mol. The minimum atomic E-state index is -0.668. The van der Waals surface area contributed by atoms with Crippen LogP contribution < -0.4 is 10.5 Å². The van der Waals surface area contributed by atoms with E-state index in [2.05, 4.69) is 10.2 Å². The standard InChI is InChI=1S/C16H17N3O2/c1-2-14(16(17)20)21-15-11-7-6-10-13(15)19-18-12-8-4-3-5-9-12/h3-11,14H,2H2,1H3,(H2,17,20). The first kappa shape index (κ1) is 14.7. The van der Waals surface area contributed by atoms with E-state index in [0.717, 1.165) is 5.69 Å². The minimum Gasteiger partial charge on any atom is -0.478 e. The van der Waals surface area contributed by atoms with Crippen LogP contribution in [0.4, 0.5) is 11.4 Å². The predicted octanol–water partition coefficient (Wildman–Crippen LogP) is 3.74. The van der Waals surface area contributed by atoms with Crippen molar-refractivity contribution in [2.75, 3.05) is 0 Å². The first-order valence-corrected chi connectivity index (χ1v) is 6.72. The molecule has 5 heteroatoms. The number of carbonyl (C=O) groups is 1. The molecule has 0 aliphatic carbocycles. The molecule has 1 amide bonds. The molecule has 0 aromatic heterocycles. The van der Waals surface area contributed by atoms with Gasteiger partial charge >= 0.3 is 0 Å². The van der Waals surface area contributed by atoms with Gasteiger partial charge < -0.3 is 10.5 Å². The number of para-hydroxylation sites is 1. The number of benzene rings is 2. The Labute approximate surface area is 123 Å². The number of rotatable bonds is 6. The maximum atomic E-state index is 11.3. The summed E-state index contributed by atoms with van der Waals surface area (Å²) < 4.78 is 5.62. The van der Waals surface area contributed by atoms with E-state index in [0.29, 0.717) is 17.9 Å². The van der Waals surface area contributed by atoms with Gasteiger partial charge in [-0.15, -0.1) is 5.11 Å². The summed E-state index contributed by atoms with van der Waals surface area (Å²) >= 11 is 0. The first-order valence-electron chi connectivity index (χ1n) is 6.72. The maximum absolute atomic E-state index is 11.3. The van der Waals surface area contributed by atoms with E-state index < -0.39 is 12.0 Å². The zero-order chi connectivity index (χ0) is 15.1. The molecule has 1 unspecified atom stereocenters. The summed E-state index contributed by atoms with van der Waals surface area (Å²) in [6.07, 6.45) is -0.169. The molecule has 2 N–H and O–H groups in total. The van der Waals surface area contributed by atoms with Gasteiger partial charge in [0, 0.05) is 0 Å². The van der Waals surface area contributed by atoms with Crippen LogP contribution in [0.1, 0.15) is 13.3 Å². The van der Waals surface area contributed by atoms with E-state index in [1.165, 1.54) is 0 Å². The summed E-state index contributed by atoms with van der Waals surface area (Å²) in [6, 6.07) is 16.5. The number of ether oxygens (including phenoxy) is 1. The highest BCUT2D eigenvalue weighted by Gasteiger charge is 2.16. The fourth-order valence-corrected chi connectivity index (χ4v) is 1.74. The molecule has 0 saturated heterocycles. The topological polar surface area (TPSA) is 77.0 Å². The Morgan fingerprint density at radius 2 is 1.76 bits per heavy atom. The molecule has 2 rings (SSSR count). The largest absolute Gasteiger partial charge is 0.478 e. The lowest BCUT2D eigenvalue weighted by Crippen LogP contribution is -2.32. The third kappa shape index (κ3) is 4.14. The molecule has 0 bridgehead atoms. The van der Waals surface area contributed by atoms with Crippen LogP contribution in [0, 0.1) is 0 Å². The van der Waals surface area contributed by atoms with Crippen molar-refractivity contribution in [1.29, 1.82) is 0 Å². The van der Waals surface area contributed by atoms with E-state index in [1.807, 2.05) is 49.4 Å². The molecule has 0 aliphatic rings. The molecule has 0 fully saturated rings. The quantitative estimate of drug-likeness (QED) is 0.820. The lowest BCUT2D eigenvalue weighted by molar-refractivity contribution is -0.124. The summed E-state index contributed by atoms with van der Waals surface area (Å²) in [4.78, 5) is 11.3. The van der Waals surface area contributed by atoms with Crippen molar-refractivity contribution in [3.63, 3.8) is 0 Å². The van der Waals surface area contributed by atoms with E-state index in [4.69, 9.17) is 10.5 Å². The Morgan fingerprint density at radius 1 is 1.10 bits per heavy atom. The molecule has 0 saturated carbocycles. The van der Waals surface area contributed by atoms with E-state index in [1.54, 1.807) is 12.1 Å². The summed E-state index contributed by atoms with van der Waals surface area (Å²) in [5, 5.41) is 8.31. The Morgan fingerprint density at radius 3 is 2.43 bits per heavy atom. The zero-order valence-corrected chi connectivity index (χ0v) is 11.8. The summed E-state index contributed by atoms with van der Waals surface area (Å²) in [6.45, 7) is 1.84. The van der Waals surface area contributed by atoms with Crippen LogP contribution in [0.25, 0.3) is 0 Å². The Hall–Kier alpha value is -2.69. The Bertz CT molecular complexity index is 626. The Balaban J connectivity index is 2.21. The van der Waals surface area contributed by atoms with Crippen LogP contribution in [-0.4, -0.2) is 12.0 Å². The number of primary amides is 1. The highest BCUT2D eigenvalue weighted by molar-refractivity contribution is 5.79. The van der Waals surface area contributed by atoms with Gasteiger partial charge in [0.05, 0.1) is 5.69 Å². The molecule has 0 heterocycles. The van der Waals surface area contributed by atoms with Crippen molar-refractivity contribution >= 4 is 17.3 Å². The van der Waals surface area contributed by atoms with Crippen molar-refractivity contribution in [2.24, 2.45) is 16.0 Å². The van der Waals surface area contributed by atoms with Crippen molar-refractivity contribution in [1.82, 2.24) is 0 Å². The number of hydrogen-bond donors (Lipinski definition) is 1. The van der Waals surface area contributed by atoms with Crippen molar-refractivity contribution in [3.05, 3.63) is 54.6 Å². The molecule has 2 aromatic rings. The van der Waals surface area contributed by atoms with Gasteiger partial charge in [-0.1, -0.05) is 37.3 Å². The fraction of sp³-hybridized carbons (Fsp3) is 0.188. The average Bonchev–Trinajstić information content (AvgIpc) is 2.52. The highest BCUT2D eigenvalue weighted by Crippen LogP contribution is 2.29. The second kappa shape index (κ2) is 7.19. The van der Waals surface area contributed by atoms with Gasteiger partial charge in [-0.3, -0.25) is 4.79 Å². The summed E-state index contributed by atoms with van der Waals surface area (Å²) in [5.41, 5.74) is 6.59. The first-order chi connectivity index (χ1) is 10.2. The van der Waals surface area contributed by atoms with Crippen LogP contribution >= 0.6 is 0 Å². The average molecular weight is 283 g/mol. The SMILES string of the molecule is CCC(Oc1ccccc1N=Nc1ccccc1)C(N)=O. The molecular formula is C16H17N3O2. The summed E-state index contributed by atoms with van der Waals surface area (Å²) in [5.74, 6) is -0.00451. The number of nitrogens with zero attached hydrogens (tertiary/aromatic N) is 2. The third-order valence-electron chi connectivity index (χ3n) is 2.85. The normalized spacial score (nSPS) is 12.2. The minimum absolute atomic E-state index is 0.489. The second-order valence-electron chi connectivity index (χ2n) is 4.42. The highest BCUT2D eigenvalue weighted by atomic mass is 16.5. The lowest BCUT2D eigenvalue weighted by Gasteiger charge is -2.14. The molecule has 1 atom stereocenters. The van der Waals surface area contributed by atoms with Gasteiger partial charge in [-0.2, -0.15) is 5.11 Å². The zero-order valence-electron chi connectivity index (χ0n) is 11.8. The lowest BCUT2D eigenvalue weighted by atomic mass is 10.2. The van der Waals surface area contributed by atoms with Crippen molar-refractivity contribution < 1.29 is 9.53 Å². The van der Waals surface area contributed by atoms with Crippen LogP contribution in [0.15, 0.2) is 64.8 Å². The Kier molecular flexibility index (Phi) is 5.04. The van der Waals surface area contributed by atoms with Crippen molar-refractivity contribution in [3.8, 4) is 5.75 Å². The second-order valence-corrected chi connectivity index (χ2v) is 4.42. The van der Waals surface area contributed by atoms with Gasteiger partial charge in [-0.05, 0) is 30.7 Å². The van der Waals surface area contributed by atoms with Crippen LogP contribution in [-0.2, 0) is 4.79 Å². The van der Waals surface area contributed by atoms with Gasteiger partial charge in [0.2, 0.25) is 0 Å². The molecule has 0 spiro atoms. The molecule has 0 radical (unpaired) electrons. The molecular weight excluding hydrogens is 266 g/mol. The molecule has 5 nitrogen and oxygen atoms in total. The molecule has 21 heavy (non-hydrogen) atoms. The number of hydrogen-bond acceptors (Lipinski definition) is 4. The molecule has 2 aromatic carbocycles. The van der Waals surface area contributed by atoms with Crippen LogP contribution in [0.3, 0.4) is 0 Å². The summed E-state index contributed by atoms with van der Waals surface area (Å²) in [7, 11) is 0. The number of amides is 1. The molecule has 108 valence electrons. The smallest absolute Gasteiger partial charge is 0.258 e. The number of carbonyl (C=O) groups excluding carboxylic acids is 1. The van der Waals surface area contributed by atoms with E-state index in [-0.39, 0.29) is 0 Å². The van der Waals surface area contributed by atoms with E-state index >= 15 is 0 Å². The van der Waals surface area contributed by atoms with Crippen LogP contribution in [0.2, 0.25) is 0 Å². The fourth-order valence-electron chi connectivity index (χ4n) is 1.74. The number of nitrogens with two attached hydrogens (primary N) is 1. The number of azo groups is 1. The molecule has 0 aliphatic heterocycles.